The number of benzene rings is 3. The monoisotopic (exact) mass is 576 g/mol. The summed E-state index contributed by atoms with van der Waals surface area (Å²) in [6.45, 7) is 8.20. The number of rotatable bonds is 11. The van der Waals surface area contributed by atoms with Crippen LogP contribution in [0.2, 0.25) is 0 Å². The van der Waals surface area contributed by atoms with Crippen LogP contribution in [0.4, 0.5) is 10.5 Å². The summed E-state index contributed by atoms with van der Waals surface area (Å²) >= 11 is 0. The summed E-state index contributed by atoms with van der Waals surface area (Å²) in [6.07, 6.45) is -1.18. The number of carbonyl (C=O) groups excluding carboxylic acids is 4. The lowest BCUT2D eigenvalue weighted by Crippen LogP contribution is -2.53. The van der Waals surface area contributed by atoms with Crippen LogP contribution in [0.5, 0.6) is 0 Å². The fraction of sp³-hybridized carbons (Fsp3) is 0.375. The van der Waals surface area contributed by atoms with Crippen molar-refractivity contribution in [3.8, 4) is 0 Å². The lowest BCUT2D eigenvalue weighted by Gasteiger charge is -2.34. The number of nitrogens with two attached hydrogens (primary N) is 1. The molecule has 224 valence electrons. The average molecular weight is 577 g/mol. The molecule has 2 atom stereocenters. The molecular weight excluding hydrogens is 536 g/mol. The minimum absolute atomic E-state index is 0.124. The van der Waals surface area contributed by atoms with Gasteiger partial charge >= 0.3 is 6.09 Å². The molecule has 0 aliphatic carbocycles. The molecule has 0 bridgehead atoms. The van der Waals surface area contributed by atoms with Gasteiger partial charge < -0.3 is 31.1 Å². The van der Waals surface area contributed by atoms with Crippen LogP contribution < -0.4 is 16.4 Å². The molecule has 3 aromatic carbocycles. The van der Waals surface area contributed by atoms with Crippen molar-refractivity contribution in [3.05, 3.63) is 77.4 Å². The van der Waals surface area contributed by atoms with E-state index in [1.807, 2.05) is 62.4 Å². The highest BCUT2D eigenvalue weighted by molar-refractivity contribution is 6.00. The molecule has 4 amide bonds. The Morgan fingerprint density at radius 1 is 0.952 bits per heavy atom. The van der Waals surface area contributed by atoms with Crippen molar-refractivity contribution in [1.29, 1.82) is 0 Å². The van der Waals surface area contributed by atoms with Gasteiger partial charge in [0.15, 0.2) is 0 Å². The number of aliphatic hydroxyl groups excluding tert-OH is 1. The Labute approximate surface area is 246 Å². The standard InChI is InChI=1S/C32H40N4O6/c1-20-10-11-24(18-21(20)2)28(29(39)34-25-13-12-22-8-6-7-9-23(22)19-25)36(16-17-37)30(40)26(14-15-27(33)38)35-31(41)42-32(3,4)5/h6-13,18-19,26,28,37H,14-17H2,1-5H3,(H2,33,38)(H,34,39)(H,35,41). The Balaban J connectivity index is 2.03. The second-order valence-corrected chi connectivity index (χ2v) is 11.3. The van der Waals surface area contributed by atoms with Crippen LogP contribution in [-0.4, -0.2) is 58.6 Å². The minimum Gasteiger partial charge on any atom is -0.444 e. The van der Waals surface area contributed by atoms with Gasteiger partial charge in [-0.15, -0.1) is 0 Å². The quantitative estimate of drug-likeness (QED) is 0.270. The molecule has 0 aliphatic heterocycles. The maximum atomic E-state index is 14.1. The maximum Gasteiger partial charge on any atom is 0.408 e. The van der Waals surface area contributed by atoms with Crippen LogP contribution >= 0.6 is 0 Å². The molecule has 0 heterocycles. The molecule has 10 heteroatoms. The van der Waals surface area contributed by atoms with Crippen LogP contribution in [0, 0.1) is 13.8 Å². The van der Waals surface area contributed by atoms with E-state index < -0.39 is 48.1 Å². The molecule has 0 spiro atoms. The van der Waals surface area contributed by atoms with Gasteiger partial charge in [-0.3, -0.25) is 14.4 Å². The molecule has 0 radical (unpaired) electrons. The van der Waals surface area contributed by atoms with Crippen molar-refractivity contribution in [2.75, 3.05) is 18.5 Å². The number of aliphatic hydroxyl groups is 1. The van der Waals surface area contributed by atoms with Gasteiger partial charge in [0.1, 0.15) is 17.7 Å². The molecule has 0 saturated heterocycles. The Morgan fingerprint density at radius 3 is 2.26 bits per heavy atom. The summed E-state index contributed by atoms with van der Waals surface area (Å²) in [7, 11) is 0. The van der Waals surface area contributed by atoms with E-state index in [0.717, 1.165) is 21.9 Å². The van der Waals surface area contributed by atoms with Gasteiger partial charge in [-0.1, -0.05) is 48.5 Å². The predicted molar refractivity (Wildman–Crippen MR) is 162 cm³/mol. The molecule has 3 rings (SSSR count). The zero-order valence-electron chi connectivity index (χ0n) is 24.8. The van der Waals surface area contributed by atoms with E-state index in [2.05, 4.69) is 10.6 Å². The molecule has 0 aliphatic rings. The summed E-state index contributed by atoms with van der Waals surface area (Å²) < 4.78 is 5.33. The number of hydrogen-bond acceptors (Lipinski definition) is 6. The number of amides is 4. The van der Waals surface area contributed by atoms with Crippen molar-refractivity contribution >= 4 is 40.3 Å². The Bertz CT molecular complexity index is 1450. The van der Waals surface area contributed by atoms with Crippen molar-refractivity contribution in [2.45, 2.75) is 65.1 Å². The number of hydrogen-bond donors (Lipinski definition) is 4. The summed E-state index contributed by atoms with van der Waals surface area (Å²) in [6, 6.07) is 16.2. The highest BCUT2D eigenvalue weighted by Crippen LogP contribution is 2.27. The van der Waals surface area contributed by atoms with Crippen LogP contribution in [-0.2, 0) is 19.1 Å². The van der Waals surface area contributed by atoms with Crippen molar-refractivity contribution in [3.63, 3.8) is 0 Å². The Morgan fingerprint density at radius 2 is 1.64 bits per heavy atom. The molecule has 42 heavy (non-hydrogen) atoms. The first kappa shape index (κ1) is 32.1. The highest BCUT2D eigenvalue weighted by atomic mass is 16.6. The lowest BCUT2D eigenvalue weighted by atomic mass is 9.97. The van der Waals surface area contributed by atoms with Crippen molar-refractivity contribution < 1.29 is 29.0 Å². The topological polar surface area (TPSA) is 151 Å². The number of ether oxygens (including phenoxy) is 1. The van der Waals surface area contributed by atoms with Gasteiger partial charge in [0.25, 0.3) is 5.91 Å². The van der Waals surface area contributed by atoms with Gasteiger partial charge in [0, 0.05) is 18.7 Å². The smallest absolute Gasteiger partial charge is 0.408 e. The molecule has 0 aromatic heterocycles. The normalized spacial score (nSPS) is 12.7. The van der Waals surface area contributed by atoms with Crippen molar-refractivity contribution in [2.24, 2.45) is 5.73 Å². The first-order valence-corrected chi connectivity index (χ1v) is 13.8. The van der Waals surface area contributed by atoms with E-state index in [9.17, 15) is 24.3 Å². The van der Waals surface area contributed by atoms with Crippen molar-refractivity contribution in [1.82, 2.24) is 10.2 Å². The minimum atomic E-state index is -1.25. The number of anilines is 1. The van der Waals surface area contributed by atoms with Crippen LogP contribution in [0.25, 0.3) is 10.8 Å². The summed E-state index contributed by atoms with van der Waals surface area (Å²) in [5.74, 6) is -1.85. The lowest BCUT2D eigenvalue weighted by molar-refractivity contribution is -0.141. The SMILES string of the molecule is Cc1ccc(C(C(=O)Nc2ccc3ccccc3c2)N(CCO)C(=O)C(CCC(N)=O)NC(=O)OC(C)(C)C)cc1C. The first-order valence-electron chi connectivity index (χ1n) is 13.8. The predicted octanol–water partition coefficient (Wildman–Crippen LogP) is 4.12. The number of alkyl carbamates (subject to hydrolysis) is 1. The summed E-state index contributed by atoms with van der Waals surface area (Å²) in [5, 5.41) is 17.4. The zero-order valence-corrected chi connectivity index (χ0v) is 24.8. The molecule has 2 unspecified atom stereocenters. The number of nitrogens with zero attached hydrogens (tertiary/aromatic N) is 1. The van der Waals surface area contributed by atoms with Crippen LogP contribution in [0.15, 0.2) is 60.7 Å². The first-order chi connectivity index (χ1) is 19.8. The van der Waals surface area contributed by atoms with Gasteiger partial charge in [0.2, 0.25) is 11.8 Å². The fourth-order valence-corrected chi connectivity index (χ4v) is 4.55. The molecule has 0 fully saturated rings. The van der Waals surface area contributed by atoms with Gasteiger partial charge in [0.05, 0.1) is 6.61 Å². The number of fused-ring (bicyclic) bond motifs is 1. The van der Waals surface area contributed by atoms with E-state index in [4.69, 9.17) is 10.5 Å². The number of aryl methyl sites for hydroxylation is 2. The zero-order chi connectivity index (χ0) is 31.0. The second-order valence-electron chi connectivity index (χ2n) is 11.3. The van der Waals surface area contributed by atoms with E-state index in [1.165, 1.54) is 4.90 Å². The van der Waals surface area contributed by atoms with E-state index in [-0.39, 0.29) is 19.4 Å². The third kappa shape index (κ3) is 8.78. The average Bonchev–Trinajstić information content (AvgIpc) is 2.91. The summed E-state index contributed by atoms with van der Waals surface area (Å²) in [4.78, 5) is 53.5. The van der Waals surface area contributed by atoms with Crippen LogP contribution in [0.1, 0.15) is 56.3 Å². The number of primary amides is 1. The number of carbonyl (C=O) groups is 4. The second kappa shape index (κ2) is 14.0. The maximum absolute atomic E-state index is 14.1. The van der Waals surface area contributed by atoms with E-state index >= 15 is 0 Å². The highest BCUT2D eigenvalue weighted by Gasteiger charge is 2.36. The Hall–Kier alpha value is -4.44. The summed E-state index contributed by atoms with van der Waals surface area (Å²) in [5.41, 5.74) is 7.46. The molecule has 10 nitrogen and oxygen atoms in total. The van der Waals surface area contributed by atoms with Gasteiger partial charge in [-0.05, 0) is 80.6 Å². The molecule has 5 N–H and O–H groups in total. The number of nitrogens with one attached hydrogen (secondary N) is 2. The van der Waals surface area contributed by atoms with Gasteiger partial charge in [-0.2, -0.15) is 0 Å². The fourth-order valence-electron chi connectivity index (χ4n) is 4.55. The molecule has 0 saturated carbocycles. The van der Waals surface area contributed by atoms with Gasteiger partial charge in [-0.25, -0.2) is 4.79 Å². The molecular formula is C32H40N4O6. The van der Waals surface area contributed by atoms with E-state index in [1.54, 1.807) is 32.9 Å². The molecule has 3 aromatic rings. The Kier molecular flexibility index (Phi) is 10.7. The third-order valence-corrected chi connectivity index (χ3v) is 6.72. The largest absolute Gasteiger partial charge is 0.444 e. The third-order valence-electron chi connectivity index (χ3n) is 6.72. The van der Waals surface area contributed by atoms with E-state index in [0.29, 0.717) is 11.3 Å². The van der Waals surface area contributed by atoms with Crippen LogP contribution in [0.3, 0.4) is 0 Å².